The Morgan fingerprint density at radius 1 is 1.16 bits per heavy atom. The van der Waals surface area contributed by atoms with Gasteiger partial charge in [-0.25, -0.2) is 9.61 Å². The molecule has 32 heavy (non-hydrogen) atoms. The van der Waals surface area contributed by atoms with Gasteiger partial charge in [0.15, 0.2) is 0 Å². The van der Waals surface area contributed by atoms with Crippen LogP contribution in [0.25, 0.3) is 16.8 Å². The number of fused-ring (bicyclic) bond motifs is 1. The molecule has 164 valence electrons. The molecule has 0 radical (unpaired) electrons. The van der Waals surface area contributed by atoms with Crippen LogP contribution in [0.5, 0.6) is 5.75 Å². The van der Waals surface area contributed by atoms with Crippen molar-refractivity contribution >= 4 is 28.9 Å². The lowest BCUT2D eigenvalue weighted by Crippen LogP contribution is -2.17. The number of methoxy groups -OCH3 is 1. The van der Waals surface area contributed by atoms with E-state index >= 15 is 0 Å². The number of anilines is 1. The minimum absolute atomic E-state index is 0.110. The second kappa shape index (κ2) is 9.27. The Morgan fingerprint density at radius 3 is 2.53 bits per heavy atom. The number of hydrogen-bond donors (Lipinski definition) is 2. The van der Waals surface area contributed by atoms with E-state index in [4.69, 9.17) is 4.74 Å². The predicted molar refractivity (Wildman–Crippen MR) is 125 cm³/mol. The van der Waals surface area contributed by atoms with Crippen LogP contribution >= 0.6 is 11.8 Å². The lowest BCUT2D eigenvalue weighted by atomic mass is 10.0. The highest BCUT2D eigenvalue weighted by Gasteiger charge is 2.14. The van der Waals surface area contributed by atoms with Gasteiger partial charge < -0.3 is 10.1 Å². The monoisotopic (exact) mass is 449 g/mol. The SMILES string of the molecule is COc1ccc(NC(=O)CSc2n[nH]c(=O)c3cc(-c4ccc(C(C)C)cc4)nn23)cc1. The quantitative estimate of drug-likeness (QED) is 0.414. The molecule has 1 amide bonds. The fraction of sp³-hybridized carbons (Fsp3) is 0.217. The molecule has 0 bridgehead atoms. The first kappa shape index (κ1) is 21.6. The van der Waals surface area contributed by atoms with E-state index in [0.29, 0.717) is 33.7 Å². The second-order valence-corrected chi connectivity index (χ2v) is 8.45. The number of aromatic nitrogens is 4. The summed E-state index contributed by atoms with van der Waals surface area (Å²) in [6.07, 6.45) is 0. The third kappa shape index (κ3) is 4.67. The summed E-state index contributed by atoms with van der Waals surface area (Å²) < 4.78 is 6.60. The van der Waals surface area contributed by atoms with Crippen molar-refractivity contribution in [3.05, 3.63) is 70.5 Å². The van der Waals surface area contributed by atoms with Crippen LogP contribution in [0, 0.1) is 0 Å². The first-order valence-electron chi connectivity index (χ1n) is 10.1. The van der Waals surface area contributed by atoms with Gasteiger partial charge in [0.2, 0.25) is 11.1 Å². The smallest absolute Gasteiger partial charge is 0.290 e. The van der Waals surface area contributed by atoms with Gasteiger partial charge in [0.05, 0.1) is 18.6 Å². The van der Waals surface area contributed by atoms with Crippen LogP contribution in [0.1, 0.15) is 25.3 Å². The second-order valence-electron chi connectivity index (χ2n) is 7.50. The molecule has 0 spiro atoms. The third-order valence-corrected chi connectivity index (χ3v) is 5.88. The number of thioether (sulfide) groups is 1. The number of nitrogens with one attached hydrogen (secondary N) is 2. The van der Waals surface area contributed by atoms with Crippen molar-refractivity contribution in [3.8, 4) is 17.0 Å². The molecule has 9 heteroatoms. The zero-order chi connectivity index (χ0) is 22.7. The number of ether oxygens (including phenoxy) is 1. The largest absolute Gasteiger partial charge is 0.497 e. The van der Waals surface area contributed by atoms with Gasteiger partial charge in [-0.05, 0) is 41.8 Å². The first-order valence-corrected chi connectivity index (χ1v) is 11.1. The topological polar surface area (TPSA) is 101 Å². The minimum atomic E-state index is -0.338. The van der Waals surface area contributed by atoms with E-state index in [1.54, 1.807) is 37.4 Å². The molecular formula is C23H23N5O3S. The van der Waals surface area contributed by atoms with Gasteiger partial charge in [0, 0.05) is 11.3 Å². The summed E-state index contributed by atoms with van der Waals surface area (Å²) in [7, 11) is 1.59. The van der Waals surface area contributed by atoms with E-state index < -0.39 is 0 Å². The van der Waals surface area contributed by atoms with Crippen molar-refractivity contribution in [2.24, 2.45) is 0 Å². The van der Waals surface area contributed by atoms with Crippen LogP contribution in [0.2, 0.25) is 0 Å². The summed E-state index contributed by atoms with van der Waals surface area (Å²) in [5.41, 5.74) is 3.52. The van der Waals surface area contributed by atoms with Crippen molar-refractivity contribution in [1.82, 2.24) is 19.8 Å². The Labute approximate surface area is 189 Å². The highest BCUT2D eigenvalue weighted by molar-refractivity contribution is 7.99. The highest BCUT2D eigenvalue weighted by atomic mass is 32.2. The normalized spacial score (nSPS) is 11.1. The predicted octanol–water partition coefficient (Wildman–Crippen LogP) is 3.95. The summed E-state index contributed by atoms with van der Waals surface area (Å²) in [5, 5.41) is 14.4. The van der Waals surface area contributed by atoms with Crippen molar-refractivity contribution in [1.29, 1.82) is 0 Å². The summed E-state index contributed by atoms with van der Waals surface area (Å²) in [4.78, 5) is 24.6. The number of benzene rings is 2. The Balaban J connectivity index is 1.52. The van der Waals surface area contributed by atoms with Gasteiger partial charge in [0.1, 0.15) is 11.3 Å². The summed E-state index contributed by atoms with van der Waals surface area (Å²) in [6.45, 7) is 4.28. The minimum Gasteiger partial charge on any atom is -0.497 e. The maximum Gasteiger partial charge on any atom is 0.290 e. The van der Waals surface area contributed by atoms with E-state index in [1.807, 2.05) is 12.1 Å². The van der Waals surface area contributed by atoms with E-state index in [-0.39, 0.29) is 17.2 Å². The molecule has 2 aromatic heterocycles. The van der Waals surface area contributed by atoms with E-state index in [2.05, 4.69) is 46.6 Å². The summed E-state index contributed by atoms with van der Waals surface area (Å²) in [6, 6.07) is 16.9. The lowest BCUT2D eigenvalue weighted by Gasteiger charge is -2.06. The molecule has 0 aliphatic rings. The van der Waals surface area contributed by atoms with Crippen LogP contribution in [0.4, 0.5) is 5.69 Å². The van der Waals surface area contributed by atoms with Gasteiger partial charge in [-0.2, -0.15) is 5.10 Å². The number of aromatic amines is 1. The number of hydrogen-bond acceptors (Lipinski definition) is 6. The molecule has 0 aliphatic heterocycles. The summed E-state index contributed by atoms with van der Waals surface area (Å²) >= 11 is 1.19. The fourth-order valence-corrected chi connectivity index (χ4v) is 3.87. The molecule has 2 N–H and O–H groups in total. The van der Waals surface area contributed by atoms with E-state index in [0.717, 1.165) is 5.56 Å². The molecule has 0 saturated heterocycles. The van der Waals surface area contributed by atoms with Gasteiger partial charge in [-0.3, -0.25) is 9.59 Å². The highest BCUT2D eigenvalue weighted by Crippen LogP contribution is 2.24. The van der Waals surface area contributed by atoms with E-state index in [1.165, 1.54) is 21.8 Å². The molecule has 0 atom stereocenters. The number of nitrogens with zero attached hydrogens (tertiary/aromatic N) is 3. The van der Waals surface area contributed by atoms with Crippen molar-refractivity contribution < 1.29 is 9.53 Å². The van der Waals surface area contributed by atoms with Crippen LogP contribution in [-0.2, 0) is 4.79 Å². The maximum atomic E-state index is 12.4. The Bertz CT molecular complexity index is 1290. The van der Waals surface area contributed by atoms with Crippen LogP contribution in [-0.4, -0.2) is 38.6 Å². The molecule has 4 rings (SSSR count). The molecule has 0 unspecified atom stereocenters. The number of carbonyl (C=O) groups excluding carboxylic acids is 1. The molecule has 0 fully saturated rings. The van der Waals surface area contributed by atoms with Gasteiger partial charge in [-0.15, -0.1) is 5.10 Å². The number of rotatable bonds is 7. The van der Waals surface area contributed by atoms with Crippen molar-refractivity contribution in [3.63, 3.8) is 0 Å². The standard InChI is InChI=1S/C23H23N5O3S/c1-14(2)15-4-6-16(7-5-15)19-12-20-22(30)25-26-23(28(20)27-19)32-13-21(29)24-17-8-10-18(31-3)11-9-17/h4-12,14H,13H2,1-3H3,(H,24,29)(H,25,30). The zero-order valence-corrected chi connectivity index (χ0v) is 18.8. The molecule has 8 nitrogen and oxygen atoms in total. The van der Waals surface area contributed by atoms with Gasteiger partial charge in [-0.1, -0.05) is 49.9 Å². The zero-order valence-electron chi connectivity index (χ0n) is 18.0. The van der Waals surface area contributed by atoms with Crippen LogP contribution < -0.4 is 15.6 Å². The lowest BCUT2D eigenvalue weighted by molar-refractivity contribution is -0.113. The molecule has 2 aromatic carbocycles. The Kier molecular flexibility index (Phi) is 6.27. The average Bonchev–Trinajstić information content (AvgIpc) is 3.26. The Morgan fingerprint density at radius 2 is 1.88 bits per heavy atom. The molecule has 2 heterocycles. The molecular weight excluding hydrogens is 426 g/mol. The van der Waals surface area contributed by atoms with Crippen molar-refractivity contribution in [2.45, 2.75) is 24.9 Å². The number of carbonyl (C=O) groups is 1. The molecule has 0 saturated carbocycles. The van der Waals surface area contributed by atoms with Gasteiger partial charge >= 0.3 is 0 Å². The fourth-order valence-electron chi connectivity index (χ4n) is 3.17. The first-order chi connectivity index (χ1) is 15.4. The third-order valence-electron chi connectivity index (χ3n) is 4.96. The molecule has 0 aliphatic carbocycles. The van der Waals surface area contributed by atoms with E-state index in [9.17, 15) is 9.59 Å². The van der Waals surface area contributed by atoms with Gasteiger partial charge in [0.25, 0.3) is 5.56 Å². The molecule has 4 aromatic rings. The Hall–Kier alpha value is -3.59. The maximum absolute atomic E-state index is 12.4. The summed E-state index contributed by atoms with van der Waals surface area (Å²) in [5.74, 6) is 1.06. The number of amides is 1. The number of H-pyrrole nitrogens is 1. The van der Waals surface area contributed by atoms with Crippen LogP contribution in [0.15, 0.2) is 64.5 Å². The van der Waals surface area contributed by atoms with Crippen LogP contribution in [0.3, 0.4) is 0 Å². The average molecular weight is 450 g/mol. The van der Waals surface area contributed by atoms with Crippen molar-refractivity contribution in [2.75, 3.05) is 18.2 Å².